The third kappa shape index (κ3) is 3.63. The van der Waals surface area contributed by atoms with Crippen LogP contribution in [0.5, 0.6) is 0 Å². The summed E-state index contributed by atoms with van der Waals surface area (Å²) in [6, 6.07) is 7.69. The topological polar surface area (TPSA) is 66.4 Å². The van der Waals surface area contributed by atoms with Crippen molar-refractivity contribution in [1.82, 2.24) is 5.32 Å². The van der Waals surface area contributed by atoms with Crippen LogP contribution in [0, 0.1) is 12.8 Å². The van der Waals surface area contributed by atoms with Crippen LogP contribution < -0.4 is 5.32 Å². The standard InChI is InChI=1S/C17H23NO3/c1-12-6-5-9-17(11-12,16(20)21)18-15(19)10-14-8-4-3-7-13(14)2/h3-4,7-8,12H,5-6,9-11H2,1-2H3,(H,18,19)(H,20,21). The molecule has 1 aromatic carbocycles. The van der Waals surface area contributed by atoms with E-state index in [1.165, 1.54) is 0 Å². The number of carbonyl (C=O) groups is 2. The maximum Gasteiger partial charge on any atom is 0.329 e. The highest BCUT2D eigenvalue weighted by atomic mass is 16.4. The number of aliphatic carboxylic acids is 1. The Morgan fingerprint density at radius 1 is 1.38 bits per heavy atom. The third-order valence-electron chi connectivity index (χ3n) is 4.40. The van der Waals surface area contributed by atoms with Gasteiger partial charge in [-0.25, -0.2) is 4.79 Å². The maximum atomic E-state index is 12.3. The SMILES string of the molecule is Cc1ccccc1CC(=O)NC1(C(=O)O)CCCC(C)C1. The van der Waals surface area contributed by atoms with Gasteiger partial charge >= 0.3 is 5.97 Å². The second-order valence-corrected chi connectivity index (χ2v) is 6.24. The summed E-state index contributed by atoms with van der Waals surface area (Å²) in [5.74, 6) is -0.790. The van der Waals surface area contributed by atoms with Gasteiger partial charge in [0.15, 0.2) is 0 Å². The molecule has 1 aliphatic rings. The Hall–Kier alpha value is -1.84. The first-order valence-electron chi connectivity index (χ1n) is 7.52. The van der Waals surface area contributed by atoms with Gasteiger partial charge in [-0.2, -0.15) is 0 Å². The molecule has 2 unspecified atom stereocenters. The van der Waals surface area contributed by atoms with Gasteiger partial charge < -0.3 is 10.4 Å². The lowest BCUT2D eigenvalue weighted by molar-refractivity contribution is -0.150. The Bertz CT molecular complexity index is 541. The van der Waals surface area contributed by atoms with E-state index in [9.17, 15) is 14.7 Å². The smallest absolute Gasteiger partial charge is 0.329 e. The Labute approximate surface area is 125 Å². The fourth-order valence-electron chi connectivity index (χ4n) is 3.21. The summed E-state index contributed by atoms with van der Waals surface area (Å²) in [4.78, 5) is 23.9. The summed E-state index contributed by atoms with van der Waals surface area (Å²) in [5, 5.41) is 12.4. The molecule has 0 bridgehead atoms. The number of carboxylic acids is 1. The van der Waals surface area contributed by atoms with Gasteiger partial charge in [0, 0.05) is 0 Å². The number of hydrogen-bond donors (Lipinski definition) is 2. The summed E-state index contributed by atoms with van der Waals surface area (Å²) >= 11 is 0. The van der Waals surface area contributed by atoms with Gasteiger partial charge in [0.1, 0.15) is 5.54 Å². The average molecular weight is 289 g/mol. The molecule has 1 saturated carbocycles. The molecule has 0 spiro atoms. The van der Waals surface area contributed by atoms with E-state index < -0.39 is 11.5 Å². The van der Waals surface area contributed by atoms with Crippen molar-refractivity contribution in [2.24, 2.45) is 5.92 Å². The zero-order valence-corrected chi connectivity index (χ0v) is 12.7. The highest BCUT2D eigenvalue weighted by Gasteiger charge is 2.43. The molecule has 2 N–H and O–H groups in total. The van der Waals surface area contributed by atoms with Crippen LogP contribution in [0.3, 0.4) is 0 Å². The Balaban J connectivity index is 2.09. The number of carbonyl (C=O) groups excluding carboxylic acids is 1. The van der Waals surface area contributed by atoms with Gasteiger partial charge in [-0.3, -0.25) is 4.79 Å². The molecule has 0 heterocycles. The van der Waals surface area contributed by atoms with Gasteiger partial charge in [-0.15, -0.1) is 0 Å². The second kappa shape index (κ2) is 6.29. The van der Waals surface area contributed by atoms with Crippen LogP contribution in [0.25, 0.3) is 0 Å². The number of amides is 1. The molecule has 4 heteroatoms. The van der Waals surface area contributed by atoms with Crippen LogP contribution >= 0.6 is 0 Å². The van der Waals surface area contributed by atoms with E-state index >= 15 is 0 Å². The minimum Gasteiger partial charge on any atom is -0.480 e. The highest BCUT2D eigenvalue weighted by Crippen LogP contribution is 2.32. The van der Waals surface area contributed by atoms with Gasteiger partial charge in [-0.1, -0.05) is 44.0 Å². The van der Waals surface area contributed by atoms with Crippen molar-refractivity contribution in [3.63, 3.8) is 0 Å². The normalized spacial score (nSPS) is 25.3. The molecule has 1 fully saturated rings. The zero-order valence-electron chi connectivity index (χ0n) is 12.7. The van der Waals surface area contributed by atoms with E-state index in [0.29, 0.717) is 18.8 Å². The highest BCUT2D eigenvalue weighted by molar-refractivity contribution is 5.88. The molecule has 0 saturated heterocycles. The Morgan fingerprint density at radius 3 is 2.71 bits per heavy atom. The average Bonchev–Trinajstić information content (AvgIpc) is 2.41. The van der Waals surface area contributed by atoms with Crippen LogP contribution in [-0.4, -0.2) is 22.5 Å². The van der Waals surface area contributed by atoms with Crippen molar-refractivity contribution in [1.29, 1.82) is 0 Å². The number of carboxylic acid groups (broad SMARTS) is 1. The van der Waals surface area contributed by atoms with Gasteiger partial charge in [-0.05, 0) is 36.8 Å². The first-order chi connectivity index (χ1) is 9.93. The molecule has 0 aliphatic heterocycles. The number of nitrogens with one attached hydrogen (secondary N) is 1. The molecule has 21 heavy (non-hydrogen) atoms. The van der Waals surface area contributed by atoms with Crippen molar-refractivity contribution in [3.05, 3.63) is 35.4 Å². The molecule has 2 atom stereocenters. The van der Waals surface area contributed by atoms with E-state index in [1.54, 1.807) is 0 Å². The Morgan fingerprint density at radius 2 is 2.10 bits per heavy atom. The predicted molar refractivity (Wildman–Crippen MR) is 81.0 cm³/mol. The minimum absolute atomic E-state index is 0.208. The van der Waals surface area contributed by atoms with Crippen LogP contribution in [0.1, 0.15) is 43.7 Å². The molecule has 1 aliphatic carbocycles. The van der Waals surface area contributed by atoms with Gasteiger partial charge in [0.25, 0.3) is 0 Å². The first kappa shape index (κ1) is 15.5. The summed E-state index contributed by atoms with van der Waals surface area (Å²) < 4.78 is 0. The lowest BCUT2D eigenvalue weighted by Gasteiger charge is -2.37. The van der Waals surface area contributed by atoms with Crippen LogP contribution in [0.2, 0.25) is 0 Å². The molecule has 114 valence electrons. The molecular weight excluding hydrogens is 266 g/mol. The first-order valence-corrected chi connectivity index (χ1v) is 7.52. The molecule has 1 amide bonds. The summed E-state index contributed by atoms with van der Waals surface area (Å²) in [5.41, 5.74) is 0.908. The lowest BCUT2D eigenvalue weighted by Crippen LogP contribution is -2.57. The van der Waals surface area contributed by atoms with Crippen molar-refractivity contribution in [3.8, 4) is 0 Å². The molecule has 4 nitrogen and oxygen atoms in total. The largest absolute Gasteiger partial charge is 0.480 e. The van der Waals surface area contributed by atoms with E-state index in [0.717, 1.165) is 24.0 Å². The van der Waals surface area contributed by atoms with Crippen LogP contribution in [0.15, 0.2) is 24.3 Å². The summed E-state index contributed by atoms with van der Waals surface area (Å²) in [6.07, 6.45) is 3.14. The lowest BCUT2D eigenvalue weighted by atomic mass is 9.76. The van der Waals surface area contributed by atoms with Crippen molar-refractivity contribution in [2.75, 3.05) is 0 Å². The monoisotopic (exact) mass is 289 g/mol. The number of hydrogen-bond acceptors (Lipinski definition) is 2. The van der Waals surface area contributed by atoms with Gasteiger partial charge in [0.2, 0.25) is 5.91 Å². The zero-order chi connectivity index (χ0) is 15.5. The molecule has 1 aromatic rings. The Kier molecular flexibility index (Phi) is 4.66. The number of aryl methyl sites for hydroxylation is 1. The van der Waals surface area contributed by atoms with Crippen molar-refractivity contribution >= 4 is 11.9 Å². The molecule has 2 rings (SSSR count). The predicted octanol–water partition coefficient (Wildman–Crippen LogP) is 2.69. The van der Waals surface area contributed by atoms with E-state index in [-0.39, 0.29) is 12.3 Å². The molecule has 0 radical (unpaired) electrons. The summed E-state index contributed by atoms with van der Waals surface area (Å²) in [7, 11) is 0. The van der Waals surface area contributed by atoms with E-state index in [2.05, 4.69) is 5.32 Å². The van der Waals surface area contributed by atoms with E-state index in [1.807, 2.05) is 38.1 Å². The quantitative estimate of drug-likeness (QED) is 0.895. The van der Waals surface area contributed by atoms with Crippen molar-refractivity contribution < 1.29 is 14.7 Å². The fraction of sp³-hybridized carbons (Fsp3) is 0.529. The van der Waals surface area contributed by atoms with Gasteiger partial charge in [0.05, 0.1) is 6.42 Å². The molecule has 0 aromatic heterocycles. The number of rotatable bonds is 4. The second-order valence-electron chi connectivity index (χ2n) is 6.24. The molecular formula is C17H23NO3. The minimum atomic E-state index is -1.09. The fourth-order valence-corrected chi connectivity index (χ4v) is 3.21. The number of benzene rings is 1. The van der Waals surface area contributed by atoms with Crippen LogP contribution in [0.4, 0.5) is 0 Å². The van der Waals surface area contributed by atoms with E-state index in [4.69, 9.17) is 0 Å². The maximum absolute atomic E-state index is 12.3. The third-order valence-corrected chi connectivity index (χ3v) is 4.40. The summed E-state index contributed by atoms with van der Waals surface area (Å²) in [6.45, 7) is 4.00. The van der Waals surface area contributed by atoms with Crippen LogP contribution in [-0.2, 0) is 16.0 Å². The van der Waals surface area contributed by atoms with Crippen molar-refractivity contribution in [2.45, 2.75) is 51.5 Å².